The molecule has 1 aliphatic rings. The highest BCUT2D eigenvalue weighted by Gasteiger charge is 2.42. The van der Waals surface area contributed by atoms with E-state index in [0.717, 1.165) is 5.56 Å². The number of aliphatic carboxylic acids is 1. The molecule has 0 bridgehead atoms. The average molecular weight is 477 g/mol. The zero-order valence-electron chi connectivity index (χ0n) is 15.1. The van der Waals surface area contributed by atoms with Crippen molar-refractivity contribution < 1.29 is 34.0 Å². The van der Waals surface area contributed by atoms with Crippen molar-refractivity contribution in [1.82, 2.24) is 5.32 Å². The molecule has 0 aliphatic carbocycles. The molecule has 2 aromatic carbocycles. The van der Waals surface area contributed by atoms with Crippen LogP contribution in [0.25, 0.3) is 0 Å². The van der Waals surface area contributed by atoms with Gasteiger partial charge in [-0.15, -0.1) is 0 Å². The predicted octanol–water partition coefficient (Wildman–Crippen LogP) is 3.57. The van der Waals surface area contributed by atoms with E-state index >= 15 is 0 Å². The van der Waals surface area contributed by atoms with Gasteiger partial charge in [0.1, 0.15) is 12.7 Å². The summed E-state index contributed by atoms with van der Waals surface area (Å²) in [6.45, 7) is -0.0580. The molecular formula is C19H16Cl3NO7. The summed E-state index contributed by atoms with van der Waals surface area (Å²) in [4.78, 5) is 23.6. The van der Waals surface area contributed by atoms with Crippen molar-refractivity contribution in [3.63, 3.8) is 0 Å². The number of amides is 1. The number of aliphatic hydroxyl groups is 1. The number of aliphatic hydroxyl groups excluding tert-OH is 1. The summed E-state index contributed by atoms with van der Waals surface area (Å²) in [7, 11) is 0. The number of benzene rings is 2. The summed E-state index contributed by atoms with van der Waals surface area (Å²) in [5.41, 5.74) is 0.859. The van der Waals surface area contributed by atoms with Gasteiger partial charge in [0.2, 0.25) is 0 Å². The number of ether oxygens (including phenoxy) is 3. The number of hydrogen-bond acceptors (Lipinski definition) is 6. The van der Waals surface area contributed by atoms with Crippen molar-refractivity contribution in [2.45, 2.75) is 28.8 Å². The molecule has 0 radical (unpaired) electrons. The highest BCUT2D eigenvalue weighted by Crippen LogP contribution is 2.44. The second-order valence-electron chi connectivity index (χ2n) is 6.28. The number of nitrogens with one attached hydrogen (secondary N) is 1. The summed E-state index contributed by atoms with van der Waals surface area (Å²) in [5.74, 6) is -1.06. The first-order valence-corrected chi connectivity index (χ1v) is 9.70. The van der Waals surface area contributed by atoms with Crippen molar-refractivity contribution in [3.05, 3.63) is 59.7 Å². The highest BCUT2D eigenvalue weighted by molar-refractivity contribution is 6.68. The zero-order chi connectivity index (χ0) is 21.9. The van der Waals surface area contributed by atoms with Crippen LogP contribution in [0.1, 0.15) is 17.2 Å². The third kappa shape index (κ3) is 5.40. The van der Waals surface area contributed by atoms with Crippen molar-refractivity contribution in [2.24, 2.45) is 0 Å². The van der Waals surface area contributed by atoms with Gasteiger partial charge < -0.3 is 29.7 Å². The standard InChI is InChI=1S/C19H16Cl3NO7/c20-19(21,22)17-29-12-7-6-11(8-13(12)30-17)15(24)14(16(25)26)23-18(27)28-9-10-4-2-1-3-5-10/h1-8,14-15,17,24H,9H2,(H,23,27)(H,25,26)/t14-,15+,17?/m0/s1. The predicted molar refractivity (Wildman–Crippen MR) is 108 cm³/mol. The number of hydrogen-bond donors (Lipinski definition) is 3. The molecule has 0 saturated carbocycles. The van der Waals surface area contributed by atoms with E-state index in [1.54, 1.807) is 30.3 Å². The third-order valence-corrected chi connectivity index (χ3v) is 4.65. The van der Waals surface area contributed by atoms with E-state index in [1.807, 2.05) is 0 Å². The molecule has 11 heteroatoms. The largest absolute Gasteiger partial charge is 0.480 e. The van der Waals surface area contributed by atoms with Crippen LogP contribution in [0.2, 0.25) is 0 Å². The average Bonchev–Trinajstić information content (AvgIpc) is 3.14. The lowest BCUT2D eigenvalue weighted by molar-refractivity contribution is -0.142. The third-order valence-electron chi connectivity index (χ3n) is 4.11. The van der Waals surface area contributed by atoms with E-state index in [-0.39, 0.29) is 23.7 Å². The molecule has 0 spiro atoms. The second kappa shape index (κ2) is 9.18. The molecule has 1 unspecified atom stereocenters. The Labute approximate surface area is 186 Å². The maximum Gasteiger partial charge on any atom is 0.408 e. The molecule has 3 rings (SSSR count). The fraction of sp³-hybridized carbons (Fsp3) is 0.263. The molecule has 1 amide bonds. The Morgan fingerprint density at radius 3 is 2.40 bits per heavy atom. The molecule has 8 nitrogen and oxygen atoms in total. The van der Waals surface area contributed by atoms with Crippen LogP contribution in [0.4, 0.5) is 4.79 Å². The van der Waals surface area contributed by atoms with Crippen molar-refractivity contribution in [3.8, 4) is 11.5 Å². The Morgan fingerprint density at radius 1 is 1.10 bits per heavy atom. The van der Waals surface area contributed by atoms with E-state index in [9.17, 15) is 19.8 Å². The Hall–Kier alpha value is -2.39. The van der Waals surface area contributed by atoms with Crippen LogP contribution in [0, 0.1) is 0 Å². The molecule has 2 aromatic rings. The van der Waals surface area contributed by atoms with Gasteiger partial charge in [0, 0.05) is 0 Å². The first-order chi connectivity index (χ1) is 14.1. The van der Waals surface area contributed by atoms with Gasteiger partial charge in [-0.3, -0.25) is 0 Å². The number of carboxylic acid groups (broad SMARTS) is 1. The van der Waals surface area contributed by atoms with Crippen molar-refractivity contribution in [2.75, 3.05) is 0 Å². The lowest BCUT2D eigenvalue weighted by atomic mass is 10.0. The van der Waals surface area contributed by atoms with Gasteiger partial charge in [0.15, 0.2) is 17.5 Å². The minimum Gasteiger partial charge on any atom is -0.480 e. The van der Waals surface area contributed by atoms with Crippen molar-refractivity contribution in [1.29, 1.82) is 0 Å². The molecule has 30 heavy (non-hydrogen) atoms. The van der Waals surface area contributed by atoms with Gasteiger partial charge in [-0.1, -0.05) is 71.2 Å². The number of carboxylic acids is 1. The molecule has 0 fully saturated rings. The van der Waals surface area contributed by atoms with Gasteiger partial charge in [0.25, 0.3) is 10.1 Å². The van der Waals surface area contributed by atoms with Crippen LogP contribution < -0.4 is 14.8 Å². The molecule has 1 heterocycles. The van der Waals surface area contributed by atoms with Gasteiger partial charge in [-0.2, -0.15) is 0 Å². The summed E-state index contributed by atoms with van der Waals surface area (Å²) >= 11 is 17.2. The van der Waals surface area contributed by atoms with Crippen LogP contribution in [-0.2, 0) is 16.1 Å². The normalized spacial score (nSPS) is 17.1. The number of carbonyl (C=O) groups excluding carboxylic acids is 1. The number of fused-ring (bicyclic) bond motifs is 1. The van der Waals surface area contributed by atoms with Crippen LogP contribution in [-0.4, -0.2) is 38.4 Å². The van der Waals surface area contributed by atoms with Gasteiger partial charge in [-0.05, 0) is 23.3 Å². The summed E-state index contributed by atoms with van der Waals surface area (Å²) < 4.78 is 13.9. The Bertz CT molecular complexity index is 920. The second-order valence-corrected chi connectivity index (χ2v) is 8.65. The van der Waals surface area contributed by atoms with E-state index in [2.05, 4.69) is 5.32 Å². The number of carbonyl (C=O) groups is 2. The van der Waals surface area contributed by atoms with E-state index in [0.29, 0.717) is 0 Å². The summed E-state index contributed by atoms with van der Waals surface area (Å²) in [6.07, 6.45) is -3.82. The molecule has 160 valence electrons. The number of halogens is 3. The highest BCUT2D eigenvalue weighted by atomic mass is 35.6. The minimum absolute atomic E-state index is 0.0580. The first-order valence-electron chi connectivity index (χ1n) is 8.57. The fourth-order valence-corrected chi connectivity index (χ4v) is 2.91. The number of alkyl halides is 3. The molecule has 0 saturated heterocycles. The van der Waals surface area contributed by atoms with Crippen LogP contribution in [0.15, 0.2) is 48.5 Å². The van der Waals surface area contributed by atoms with Crippen LogP contribution >= 0.6 is 34.8 Å². The maximum absolute atomic E-state index is 12.0. The summed E-state index contributed by atoms with van der Waals surface area (Å²) in [5, 5.41) is 22.1. The number of rotatable bonds is 6. The lowest BCUT2D eigenvalue weighted by Gasteiger charge is -2.21. The molecule has 3 atom stereocenters. The van der Waals surface area contributed by atoms with Gasteiger partial charge in [0.05, 0.1) is 0 Å². The molecule has 3 N–H and O–H groups in total. The lowest BCUT2D eigenvalue weighted by Crippen LogP contribution is -2.45. The van der Waals surface area contributed by atoms with Crippen LogP contribution in [0.3, 0.4) is 0 Å². The molecular weight excluding hydrogens is 461 g/mol. The minimum atomic E-state index is -1.86. The van der Waals surface area contributed by atoms with Gasteiger partial charge >= 0.3 is 12.1 Å². The summed E-state index contributed by atoms with van der Waals surface area (Å²) in [6, 6.07) is 11.3. The quantitative estimate of drug-likeness (QED) is 0.546. The maximum atomic E-state index is 12.0. The molecule has 0 aromatic heterocycles. The Kier molecular flexibility index (Phi) is 6.82. The SMILES string of the molecule is O=C(N[C@H](C(=O)O)[C@H](O)c1ccc2c(c1)OC(C(Cl)(Cl)Cl)O2)OCc1ccccc1. The molecule has 1 aliphatic heterocycles. The Morgan fingerprint density at radius 2 is 1.77 bits per heavy atom. The van der Waals surface area contributed by atoms with Crippen molar-refractivity contribution >= 4 is 46.9 Å². The van der Waals surface area contributed by atoms with E-state index in [4.69, 9.17) is 49.0 Å². The smallest absolute Gasteiger partial charge is 0.408 e. The number of alkyl carbamates (subject to hydrolysis) is 1. The van der Waals surface area contributed by atoms with E-state index in [1.165, 1.54) is 18.2 Å². The zero-order valence-corrected chi connectivity index (χ0v) is 17.4. The first kappa shape index (κ1) is 22.3. The Balaban J connectivity index is 1.67. The van der Waals surface area contributed by atoms with E-state index < -0.39 is 34.3 Å². The monoisotopic (exact) mass is 475 g/mol. The fourth-order valence-electron chi connectivity index (χ4n) is 2.65. The van der Waals surface area contributed by atoms with Crippen LogP contribution in [0.5, 0.6) is 11.5 Å². The topological polar surface area (TPSA) is 114 Å². The van der Waals surface area contributed by atoms with Gasteiger partial charge in [-0.25, -0.2) is 9.59 Å².